The van der Waals surface area contributed by atoms with Crippen molar-refractivity contribution in [1.82, 2.24) is 5.32 Å². The van der Waals surface area contributed by atoms with Crippen molar-refractivity contribution in [3.05, 3.63) is 0 Å². The third-order valence-corrected chi connectivity index (χ3v) is 13.0. The maximum Gasteiger partial charge on any atom is 0.220 e. The summed E-state index contributed by atoms with van der Waals surface area (Å²) in [4.78, 5) is 13.0. The van der Waals surface area contributed by atoms with Crippen LogP contribution in [-0.2, 0) is 14.3 Å². The summed E-state index contributed by atoms with van der Waals surface area (Å²) in [6, 6.07) is -0.710. The fourth-order valence-corrected chi connectivity index (χ4v) is 8.75. The van der Waals surface area contributed by atoms with Gasteiger partial charge in [0, 0.05) is 6.42 Å². The van der Waals surface area contributed by atoms with Gasteiger partial charge in [-0.05, 0) is 12.8 Å². The van der Waals surface area contributed by atoms with E-state index in [1.807, 2.05) is 0 Å². The molecule has 358 valence electrons. The second-order valence-corrected chi connectivity index (χ2v) is 18.7. The summed E-state index contributed by atoms with van der Waals surface area (Å²) in [6.45, 7) is 3.83. The lowest BCUT2D eigenvalue weighted by Gasteiger charge is -2.40. The molecule has 0 aliphatic carbocycles. The maximum absolute atomic E-state index is 13.0. The number of amides is 1. The van der Waals surface area contributed by atoms with Crippen molar-refractivity contribution in [1.29, 1.82) is 0 Å². The van der Waals surface area contributed by atoms with Crippen LogP contribution in [0.25, 0.3) is 0 Å². The van der Waals surface area contributed by atoms with Gasteiger partial charge in [-0.15, -0.1) is 0 Å². The number of ether oxygens (including phenoxy) is 2. The molecular weight excluding hydrogens is 755 g/mol. The Morgan fingerprint density at radius 2 is 0.833 bits per heavy atom. The van der Waals surface area contributed by atoms with Crippen molar-refractivity contribution in [2.45, 2.75) is 307 Å². The molecule has 1 amide bonds. The minimum Gasteiger partial charge on any atom is -0.394 e. The normalized spacial score (nSPS) is 20.4. The van der Waals surface area contributed by atoms with Gasteiger partial charge in [0.2, 0.25) is 5.91 Å². The van der Waals surface area contributed by atoms with Crippen molar-refractivity contribution in [2.24, 2.45) is 0 Å². The fourth-order valence-electron chi connectivity index (χ4n) is 8.75. The number of rotatable bonds is 45. The molecule has 7 unspecified atom stereocenters. The molecule has 60 heavy (non-hydrogen) atoms. The highest BCUT2D eigenvalue weighted by molar-refractivity contribution is 5.76. The molecule has 0 saturated carbocycles. The molecule has 1 heterocycles. The van der Waals surface area contributed by atoms with Gasteiger partial charge < -0.3 is 40.3 Å². The maximum atomic E-state index is 13.0. The molecule has 0 radical (unpaired) electrons. The number of nitrogens with one attached hydrogen (secondary N) is 1. The number of aliphatic hydroxyl groups is 5. The predicted octanol–water partition coefficient (Wildman–Crippen LogP) is 11.9. The van der Waals surface area contributed by atoms with E-state index in [0.29, 0.717) is 12.8 Å². The van der Waals surface area contributed by atoms with Crippen LogP contribution < -0.4 is 5.32 Å². The van der Waals surface area contributed by atoms with E-state index in [1.54, 1.807) is 0 Å². The van der Waals surface area contributed by atoms with Crippen LogP contribution in [0.1, 0.15) is 264 Å². The first-order valence-corrected chi connectivity index (χ1v) is 26.2. The van der Waals surface area contributed by atoms with Crippen LogP contribution in [0.3, 0.4) is 0 Å². The highest BCUT2D eigenvalue weighted by Gasteiger charge is 2.44. The number of unbranched alkanes of at least 4 members (excludes halogenated alkanes) is 35. The standard InChI is InChI=1S/C51H101NO8/c1-3-5-7-9-11-13-14-15-16-17-18-19-20-21-22-23-24-25-26-27-28-29-30-31-33-35-37-39-41-47(55)52-44(45(54)40-38-36-34-32-12-10-8-6-4-2)43-59-51-50(58)49(57)48(56)46(42-53)60-51/h44-46,48-51,53-54,56-58H,3-43H2,1-2H3,(H,52,55). The molecule has 0 bridgehead atoms. The summed E-state index contributed by atoms with van der Waals surface area (Å²) in [5.74, 6) is -0.140. The van der Waals surface area contributed by atoms with Gasteiger partial charge in [0.1, 0.15) is 24.4 Å². The van der Waals surface area contributed by atoms with Gasteiger partial charge in [0.15, 0.2) is 6.29 Å². The fraction of sp³-hybridized carbons (Fsp3) is 0.980. The van der Waals surface area contributed by atoms with Gasteiger partial charge in [0.25, 0.3) is 0 Å². The summed E-state index contributed by atoms with van der Waals surface area (Å²) in [5, 5.41) is 54.3. The molecular formula is C51H101NO8. The lowest BCUT2D eigenvalue weighted by atomic mass is 9.99. The van der Waals surface area contributed by atoms with Gasteiger partial charge in [-0.3, -0.25) is 4.79 Å². The Kier molecular flexibility index (Phi) is 40.2. The van der Waals surface area contributed by atoms with E-state index < -0.39 is 49.5 Å². The average molecular weight is 856 g/mol. The zero-order valence-electron chi connectivity index (χ0n) is 39.5. The zero-order valence-corrected chi connectivity index (χ0v) is 39.5. The monoisotopic (exact) mass is 856 g/mol. The third-order valence-electron chi connectivity index (χ3n) is 13.0. The van der Waals surface area contributed by atoms with Gasteiger partial charge >= 0.3 is 0 Å². The number of hydrogen-bond donors (Lipinski definition) is 6. The number of carbonyl (C=O) groups is 1. The Morgan fingerprint density at radius 1 is 0.500 bits per heavy atom. The van der Waals surface area contributed by atoms with E-state index in [0.717, 1.165) is 38.5 Å². The van der Waals surface area contributed by atoms with Crippen LogP contribution in [0.5, 0.6) is 0 Å². The molecule has 1 aliphatic heterocycles. The van der Waals surface area contributed by atoms with Crippen LogP contribution in [-0.4, -0.2) is 87.5 Å². The van der Waals surface area contributed by atoms with E-state index in [2.05, 4.69) is 19.2 Å². The van der Waals surface area contributed by atoms with Crippen molar-refractivity contribution < 1.29 is 39.8 Å². The SMILES string of the molecule is CCCCCCCCCCCCCCCCCCCCCCCCCCCCCCC(=O)NC(COC1OC(CO)C(O)C(O)C1O)C(O)CCCCCCCCCCC. The van der Waals surface area contributed by atoms with E-state index in [1.165, 1.54) is 199 Å². The Balaban J connectivity index is 2.10. The average Bonchev–Trinajstić information content (AvgIpc) is 3.25. The molecule has 0 spiro atoms. The second-order valence-electron chi connectivity index (χ2n) is 18.7. The van der Waals surface area contributed by atoms with E-state index in [4.69, 9.17) is 9.47 Å². The summed E-state index contributed by atoms with van der Waals surface area (Å²) in [7, 11) is 0. The first kappa shape index (κ1) is 57.2. The minimum absolute atomic E-state index is 0.132. The van der Waals surface area contributed by atoms with E-state index >= 15 is 0 Å². The highest BCUT2D eigenvalue weighted by atomic mass is 16.7. The Hall–Kier alpha value is -0.810. The van der Waals surface area contributed by atoms with Crippen molar-refractivity contribution in [2.75, 3.05) is 13.2 Å². The highest BCUT2D eigenvalue weighted by Crippen LogP contribution is 2.23. The van der Waals surface area contributed by atoms with Crippen LogP contribution in [0, 0.1) is 0 Å². The van der Waals surface area contributed by atoms with E-state index in [9.17, 15) is 30.3 Å². The molecule has 9 heteroatoms. The summed E-state index contributed by atoms with van der Waals surface area (Å²) in [5.41, 5.74) is 0. The quantitative estimate of drug-likeness (QED) is 0.0332. The molecule has 1 saturated heterocycles. The molecule has 7 atom stereocenters. The number of hydrogen-bond acceptors (Lipinski definition) is 8. The predicted molar refractivity (Wildman–Crippen MR) is 249 cm³/mol. The second kappa shape index (κ2) is 42.2. The molecule has 1 aliphatic rings. The van der Waals surface area contributed by atoms with Crippen LogP contribution >= 0.6 is 0 Å². The van der Waals surface area contributed by atoms with Gasteiger partial charge in [0.05, 0.1) is 25.4 Å². The molecule has 0 aromatic rings. The lowest BCUT2D eigenvalue weighted by Crippen LogP contribution is -2.60. The minimum atomic E-state index is -1.55. The van der Waals surface area contributed by atoms with Crippen LogP contribution in [0.4, 0.5) is 0 Å². The Labute approximate surface area is 370 Å². The Morgan fingerprint density at radius 3 is 1.18 bits per heavy atom. The molecule has 1 rings (SSSR count). The van der Waals surface area contributed by atoms with Crippen LogP contribution in [0.2, 0.25) is 0 Å². The van der Waals surface area contributed by atoms with Crippen LogP contribution in [0.15, 0.2) is 0 Å². The zero-order chi connectivity index (χ0) is 43.7. The van der Waals surface area contributed by atoms with Crippen molar-refractivity contribution in [3.63, 3.8) is 0 Å². The molecule has 0 aromatic heterocycles. The summed E-state index contributed by atoms with van der Waals surface area (Å²) in [6.07, 6.45) is 41.5. The summed E-state index contributed by atoms with van der Waals surface area (Å²) < 4.78 is 11.2. The van der Waals surface area contributed by atoms with Crippen molar-refractivity contribution >= 4 is 5.91 Å². The number of carbonyl (C=O) groups excluding carboxylic acids is 1. The van der Waals surface area contributed by atoms with E-state index in [-0.39, 0.29) is 12.5 Å². The van der Waals surface area contributed by atoms with Crippen molar-refractivity contribution in [3.8, 4) is 0 Å². The lowest BCUT2D eigenvalue weighted by molar-refractivity contribution is -0.302. The largest absolute Gasteiger partial charge is 0.394 e. The van der Waals surface area contributed by atoms with Gasteiger partial charge in [-0.1, -0.05) is 245 Å². The summed E-state index contributed by atoms with van der Waals surface area (Å²) >= 11 is 0. The van der Waals surface area contributed by atoms with Gasteiger partial charge in [-0.25, -0.2) is 0 Å². The Bertz CT molecular complexity index is 908. The molecule has 9 nitrogen and oxygen atoms in total. The van der Waals surface area contributed by atoms with Gasteiger partial charge in [-0.2, -0.15) is 0 Å². The molecule has 0 aromatic carbocycles. The first-order valence-electron chi connectivity index (χ1n) is 26.2. The smallest absolute Gasteiger partial charge is 0.220 e. The number of aliphatic hydroxyl groups excluding tert-OH is 5. The first-order chi connectivity index (χ1) is 29.3. The third kappa shape index (κ3) is 31.9. The molecule has 1 fully saturated rings. The molecule has 6 N–H and O–H groups in total. The topological polar surface area (TPSA) is 149 Å².